The van der Waals surface area contributed by atoms with Gasteiger partial charge in [-0.2, -0.15) is 4.31 Å². The Morgan fingerprint density at radius 2 is 1.91 bits per heavy atom. The summed E-state index contributed by atoms with van der Waals surface area (Å²) in [6.45, 7) is 2.51. The van der Waals surface area contributed by atoms with Crippen molar-refractivity contribution < 1.29 is 18.0 Å². The Bertz CT molecular complexity index is 1440. The summed E-state index contributed by atoms with van der Waals surface area (Å²) >= 11 is 7.35. The lowest BCUT2D eigenvalue weighted by Crippen LogP contribution is -2.60. The largest absolute Gasteiger partial charge is 0.368 e. The Hall–Kier alpha value is -2.57. The monoisotopic (exact) mass is 533 g/mol. The first-order valence-corrected chi connectivity index (χ1v) is 13.8. The van der Waals surface area contributed by atoms with Gasteiger partial charge in [-0.1, -0.05) is 23.7 Å². The average molecular weight is 534 g/mol. The first-order valence-electron chi connectivity index (χ1n) is 11.1. The van der Waals surface area contributed by atoms with Crippen LogP contribution in [0.4, 0.5) is 0 Å². The number of sulfonamides is 1. The SMILES string of the molecule is CC1Cc2sc(C(=O)N3CCN(S(=O)(=O)c4ccc5cc(Cl)ccc5c4)CC3C(N)=O)nc2CN1. The number of nitrogens with zero attached hydrogens (tertiary/aromatic N) is 3. The van der Waals surface area contributed by atoms with Gasteiger partial charge in [0.1, 0.15) is 6.04 Å². The molecule has 0 aliphatic carbocycles. The predicted octanol–water partition coefficient (Wildman–Crippen LogP) is 1.98. The second kappa shape index (κ2) is 9.14. The highest BCUT2D eigenvalue weighted by molar-refractivity contribution is 7.89. The molecule has 2 amide bonds. The van der Waals surface area contributed by atoms with E-state index in [0.29, 0.717) is 22.6 Å². The fraction of sp³-hybridized carbons (Fsp3) is 0.348. The highest BCUT2D eigenvalue weighted by atomic mass is 35.5. The molecule has 5 rings (SSSR count). The van der Waals surface area contributed by atoms with Crippen molar-refractivity contribution in [1.82, 2.24) is 19.5 Å². The Morgan fingerprint density at radius 3 is 2.69 bits per heavy atom. The van der Waals surface area contributed by atoms with Gasteiger partial charge < -0.3 is 16.0 Å². The molecule has 0 saturated carbocycles. The molecule has 3 heterocycles. The molecule has 2 aromatic carbocycles. The van der Waals surface area contributed by atoms with Crippen LogP contribution in [0.3, 0.4) is 0 Å². The molecule has 1 saturated heterocycles. The summed E-state index contributed by atoms with van der Waals surface area (Å²) in [6.07, 6.45) is 0.781. The molecule has 0 bridgehead atoms. The molecular weight excluding hydrogens is 510 g/mol. The molecule has 12 heteroatoms. The third-order valence-corrected chi connectivity index (χ3v) is 9.62. The van der Waals surface area contributed by atoms with Crippen LogP contribution in [-0.2, 0) is 27.8 Å². The maximum atomic E-state index is 13.4. The van der Waals surface area contributed by atoms with E-state index in [0.717, 1.165) is 27.8 Å². The van der Waals surface area contributed by atoms with Crippen LogP contribution < -0.4 is 11.1 Å². The quantitative estimate of drug-likeness (QED) is 0.528. The number of carbonyl (C=O) groups is 2. The highest BCUT2D eigenvalue weighted by Crippen LogP contribution is 2.28. The molecule has 0 spiro atoms. The normalized spacial score (nSPS) is 21.1. The molecule has 3 aromatic rings. The summed E-state index contributed by atoms with van der Waals surface area (Å²) < 4.78 is 28.0. The van der Waals surface area contributed by atoms with Gasteiger partial charge in [0.05, 0.1) is 10.6 Å². The number of benzene rings is 2. The van der Waals surface area contributed by atoms with Crippen LogP contribution in [0.25, 0.3) is 10.8 Å². The van der Waals surface area contributed by atoms with E-state index in [1.54, 1.807) is 30.3 Å². The van der Waals surface area contributed by atoms with Gasteiger partial charge in [0.25, 0.3) is 5.91 Å². The first kappa shape index (κ1) is 24.1. The Kier molecular flexibility index (Phi) is 6.30. The maximum Gasteiger partial charge on any atom is 0.283 e. The van der Waals surface area contributed by atoms with Crippen LogP contribution in [0, 0.1) is 0 Å². The minimum atomic E-state index is -3.92. The second-order valence-corrected chi connectivity index (χ2v) is 12.3. The minimum Gasteiger partial charge on any atom is -0.368 e. The van der Waals surface area contributed by atoms with Crippen LogP contribution in [-0.4, -0.2) is 66.1 Å². The summed E-state index contributed by atoms with van der Waals surface area (Å²) in [7, 11) is -3.92. The summed E-state index contributed by atoms with van der Waals surface area (Å²) in [5.41, 5.74) is 6.47. The molecule has 2 unspecified atom stereocenters. The van der Waals surface area contributed by atoms with Crippen molar-refractivity contribution in [2.45, 2.75) is 36.9 Å². The number of nitrogens with two attached hydrogens (primary N) is 1. The van der Waals surface area contributed by atoms with Gasteiger partial charge in [-0.25, -0.2) is 13.4 Å². The second-order valence-electron chi connectivity index (χ2n) is 8.81. The third-order valence-electron chi connectivity index (χ3n) is 6.41. The fourth-order valence-electron chi connectivity index (χ4n) is 4.48. The molecule has 0 radical (unpaired) electrons. The number of aromatic nitrogens is 1. The van der Waals surface area contributed by atoms with E-state index >= 15 is 0 Å². The first-order chi connectivity index (χ1) is 16.6. The Labute approximate surface area is 211 Å². The van der Waals surface area contributed by atoms with Gasteiger partial charge in [0.15, 0.2) is 5.01 Å². The predicted molar refractivity (Wildman–Crippen MR) is 134 cm³/mol. The summed E-state index contributed by atoms with van der Waals surface area (Å²) in [5, 5.41) is 5.71. The van der Waals surface area contributed by atoms with Crippen molar-refractivity contribution in [3.05, 3.63) is 57.0 Å². The van der Waals surface area contributed by atoms with Crippen LogP contribution in [0.5, 0.6) is 0 Å². The number of rotatable bonds is 4. The van der Waals surface area contributed by atoms with Crippen LogP contribution in [0.1, 0.15) is 27.3 Å². The number of hydrogen-bond donors (Lipinski definition) is 2. The highest BCUT2D eigenvalue weighted by Gasteiger charge is 2.40. The van der Waals surface area contributed by atoms with Crippen molar-refractivity contribution in [2.75, 3.05) is 19.6 Å². The Morgan fingerprint density at radius 1 is 1.17 bits per heavy atom. The van der Waals surface area contributed by atoms with E-state index in [-0.39, 0.29) is 24.5 Å². The fourth-order valence-corrected chi connectivity index (χ4v) is 7.30. The zero-order chi connectivity index (χ0) is 24.9. The van der Waals surface area contributed by atoms with E-state index in [1.807, 2.05) is 0 Å². The molecule has 3 N–H and O–H groups in total. The summed E-state index contributed by atoms with van der Waals surface area (Å²) in [6, 6.07) is 9.19. The van der Waals surface area contributed by atoms with Gasteiger partial charge in [0, 0.05) is 42.1 Å². The van der Waals surface area contributed by atoms with Crippen molar-refractivity contribution >= 4 is 55.5 Å². The van der Waals surface area contributed by atoms with Gasteiger partial charge in [-0.3, -0.25) is 9.59 Å². The van der Waals surface area contributed by atoms with Crippen molar-refractivity contribution in [2.24, 2.45) is 5.73 Å². The molecular formula is C23H24ClN5O4S2. The van der Waals surface area contributed by atoms with Crippen molar-refractivity contribution in [1.29, 1.82) is 0 Å². The number of carbonyl (C=O) groups excluding carboxylic acids is 2. The minimum absolute atomic E-state index is 0.0355. The van der Waals surface area contributed by atoms with Gasteiger partial charge in [-0.15, -0.1) is 11.3 Å². The van der Waals surface area contributed by atoms with E-state index in [4.69, 9.17) is 17.3 Å². The van der Waals surface area contributed by atoms with E-state index in [1.165, 1.54) is 26.6 Å². The molecule has 2 atom stereocenters. The molecule has 2 aliphatic rings. The number of halogens is 1. The molecule has 1 aromatic heterocycles. The number of amides is 2. The average Bonchev–Trinajstić information content (AvgIpc) is 3.26. The van der Waals surface area contributed by atoms with Crippen molar-refractivity contribution in [3.8, 4) is 0 Å². The van der Waals surface area contributed by atoms with Crippen LogP contribution >= 0.6 is 22.9 Å². The standard InChI is InChI=1S/C23H24ClN5O4S2/c1-13-8-20-18(11-26-13)27-22(34-20)23(31)29-7-6-28(12-19(29)21(25)30)35(32,33)17-5-3-14-9-16(24)4-2-15(14)10-17/h2-5,9-10,13,19,26H,6-8,11-12H2,1H3,(H2,25,30). The number of piperazine rings is 1. The zero-order valence-electron chi connectivity index (χ0n) is 18.9. The van der Waals surface area contributed by atoms with E-state index in [2.05, 4.69) is 17.2 Å². The zero-order valence-corrected chi connectivity index (χ0v) is 21.3. The molecule has 1 fully saturated rings. The molecule has 2 aliphatic heterocycles. The van der Waals surface area contributed by atoms with Gasteiger partial charge >= 0.3 is 0 Å². The summed E-state index contributed by atoms with van der Waals surface area (Å²) in [5.74, 6) is -1.16. The van der Waals surface area contributed by atoms with Gasteiger partial charge in [0.2, 0.25) is 15.9 Å². The van der Waals surface area contributed by atoms with E-state index < -0.39 is 27.9 Å². The van der Waals surface area contributed by atoms with Crippen LogP contribution in [0.15, 0.2) is 41.3 Å². The van der Waals surface area contributed by atoms with Gasteiger partial charge in [-0.05, 0) is 48.4 Å². The molecule has 35 heavy (non-hydrogen) atoms. The maximum absolute atomic E-state index is 13.4. The number of thiazole rings is 1. The van der Waals surface area contributed by atoms with Crippen molar-refractivity contribution in [3.63, 3.8) is 0 Å². The van der Waals surface area contributed by atoms with Crippen LogP contribution in [0.2, 0.25) is 5.02 Å². The Balaban J connectivity index is 1.39. The third kappa shape index (κ3) is 4.54. The number of primary amides is 1. The number of nitrogens with one attached hydrogen (secondary N) is 1. The topological polar surface area (TPSA) is 126 Å². The number of fused-ring (bicyclic) bond motifs is 2. The smallest absolute Gasteiger partial charge is 0.283 e. The molecule has 184 valence electrons. The lowest BCUT2D eigenvalue weighted by Gasteiger charge is -2.38. The molecule has 9 nitrogen and oxygen atoms in total. The summed E-state index contributed by atoms with van der Waals surface area (Å²) in [4.78, 5) is 32.6. The number of hydrogen-bond acceptors (Lipinski definition) is 7. The lowest BCUT2D eigenvalue weighted by molar-refractivity contribution is -0.123. The van der Waals surface area contributed by atoms with E-state index in [9.17, 15) is 18.0 Å². The lowest BCUT2D eigenvalue weighted by atomic mass is 10.1.